The number of likely N-dealkylation sites (N-methyl/N-ethyl adjacent to an activating group) is 7. The van der Waals surface area contributed by atoms with E-state index in [1.54, 1.807) is 18.7 Å². The molecule has 8 atom stereocenters. The van der Waals surface area contributed by atoms with Gasteiger partial charge in [-0.05, 0) is 132 Å². The number of carbonyl (C=O) groups is 12. The fourth-order valence-electron chi connectivity index (χ4n) is 16.0. The number of benzene rings is 1. The summed E-state index contributed by atoms with van der Waals surface area (Å²) in [6.45, 7) is 8.13. The van der Waals surface area contributed by atoms with Gasteiger partial charge in [-0.25, -0.2) is 0 Å². The molecule has 6 aliphatic rings. The van der Waals surface area contributed by atoms with Gasteiger partial charge < -0.3 is 60.0 Å². The molecule has 1 aromatic rings. The summed E-state index contributed by atoms with van der Waals surface area (Å²) in [6, 6.07) is -5.50. The lowest BCUT2D eigenvalue weighted by Crippen LogP contribution is -2.65. The van der Waals surface area contributed by atoms with Crippen LogP contribution >= 0.6 is 11.6 Å². The van der Waals surface area contributed by atoms with E-state index >= 15 is 33.6 Å². The molecule has 570 valence electrons. The largest absolute Gasteiger partial charge is 0.417 e. The lowest BCUT2D eigenvalue weighted by atomic mass is 9.81. The minimum absolute atomic E-state index is 0.0201. The number of hydrogen-bond acceptors (Lipinski definition) is 12. The summed E-state index contributed by atoms with van der Waals surface area (Å²) in [5.41, 5.74) is -2.33. The Hall–Kier alpha value is -7.06. The maximum absolute atomic E-state index is 15.8. The van der Waals surface area contributed by atoms with Crippen molar-refractivity contribution in [1.29, 1.82) is 0 Å². The highest BCUT2D eigenvalue weighted by molar-refractivity contribution is 6.31. The average molecular weight is 1460 g/mol. The van der Waals surface area contributed by atoms with Gasteiger partial charge in [-0.1, -0.05) is 116 Å². The Kier molecular flexibility index (Phi) is 29.9. The molecule has 0 bridgehead atoms. The highest BCUT2D eigenvalue weighted by atomic mass is 35.5. The highest BCUT2D eigenvalue weighted by Gasteiger charge is 2.52. The fraction of sp³-hybridized carbons (Fsp3) is 0.757. The molecule has 3 saturated heterocycles. The van der Waals surface area contributed by atoms with Gasteiger partial charge in [0.1, 0.15) is 47.8 Å². The van der Waals surface area contributed by atoms with Gasteiger partial charge >= 0.3 is 6.18 Å². The smallest absolute Gasteiger partial charge is 0.343 e. The van der Waals surface area contributed by atoms with Crippen LogP contribution in [0.3, 0.4) is 0 Å². The number of likely N-dealkylation sites (tertiary alicyclic amines) is 1. The van der Waals surface area contributed by atoms with Crippen LogP contribution in [0.4, 0.5) is 13.2 Å². The monoisotopic (exact) mass is 1450 g/mol. The Labute approximate surface area is 605 Å². The van der Waals surface area contributed by atoms with Crippen LogP contribution < -0.4 is 16.0 Å². The number of alkyl halides is 3. The van der Waals surface area contributed by atoms with Crippen LogP contribution in [0.15, 0.2) is 18.2 Å². The van der Waals surface area contributed by atoms with Crippen LogP contribution in [0.1, 0.15) is 200 Å². The summed E-state index contributed by atoms with van der Waals surface area (Å²) >= 11 is 6.18. The predicted molar refractivity (Wildman–Crippen MR) is 378 cm³/mol. The Morgan fingerprint density at radius 3 is 1.83 bits per heavy atom. The highest BCUT2D eigenvalue weighted by Crippen LogP contribution is 2.39. The van der Waals surface area contributed by atoms with Gasteiger partial charge in [0.2, 0.25) is 70.9 Å². The summed E-state index contributed by atoms with van der Waals surface area (Å²) in [5, 5.41) is 8.25. The van der Waals surface area contributed by atoms with Crippen LogP contribution in [0.25, 0.3) is 0 Å². The number of amides is 12. The molecule has 3 saturated carbocycles. The normalized spacial score (nSPS) is 26.6. The van der Waals surface area contributed by atoms with Gasteiger partial charge in [0.25, 0.3) is 0 Å². The first kappa shape index (κ1) is 82.2. The van der Waals surface area contributed by atoms with E-state index in [-0.39, 0.29) is 69.9 Å². The van der Waals surface area contributed by atoms with Gasteiger partial charge in [-0.3, -0.25) is 57.5 Å². The lowest BCUT2D eigenvalue weighted by Gasteiger charge is -2.43. The molecule has 3 N–H and O–H groups in total. The Bertz CT molecular complexity index is 3150. The van der Waals surface area contributed by atoms with Crippen molar-refractivity contribution in [2.75, 3.05) is 88.1 Å². The average Bonchev–Trinajstić information content (AvgIpc) is 1.46. The van der Waals surface area contributed by atoms with Crippen molar-refractivity contribution in [3.63, 3.8) is 0 Å². The minimum Gasteiger partial charge on any atom is -0.343 e. The number of piperidine rings is 1. The molecule has 6 fully saturated rings. The molecule has 12 amide bonds. The molecule has 3 heterocycles. The quantitative estimate of drug-likeness (QED) is 0.195. The van der Waals surface area contributed by atoms with Crippen LogP contribution in [-0.2, 0) is 70.1 Å². The summed E-state index contributed by atoms with van der Waals surface area (Å²) in [4.78, 5) is 192. The minimum atomic E-state index is -4.76. The van der Waals surface area contributed by atoms with Gasteiger partial charge in [0, 0.05) is 68.5 Å². The number of carbonyl (C=O) groups excluding carboxylic acids is 12. The summed E-state index contributed by atoms with van der Waals surface area (Å²) in [5.74, 6) is -8.60. The van der Waals surface area contributed by atoms with Gasteiger partial charge in [-0.15, -0.1) is 0 Å². The zero-order chi connectivity index (χ0) is 75.1. The number of halogens is 4. The number of fused-ring (bicyclic) bond motifs is 1. The van der Waals surface area contributed by atoms with Gasteiger partial charge in [0.15, 0.2) is 0 Å². The van der Waals surface area contributed by atoms with Crippen LogP contribution in [0.5, 0.6) is 0 Å². The molecule has 1 spiro atoms. The third-order valence-corrected chi connectivity index (χ3v) is 22.9. The number of hydrogen-bond donors (Lipinski definition) is 3. The zero-order valence-electron chi connectivity index (χ0n) is 62.1. The lowest BCUT2D eigenvalue weighted by molar-refractivity contribution is -0.157. The van der Waals surface area contributed by atoms with E-state index < -0.39 is 173 Å². The maximum Gasteiger partial charge on any atom is 0.417 e. The SMILES string of the molecule is CC[C@H](C)[C@@H]1NC(=O)[C@H](CC(C)C)N(C)C(=O)C[C@@H](C(=O)N2CCCCC2)N(C)C(=O)[C@H](C2CCCCC2)N(C)C(=O)C2(CCCC2)NC(=O)C2CCCN2C(=O)[C@H](CCc2ccc(C(F)(F)F)c(Cl)c2)NC(=O)CN(CC)C(=O)[C@H](CC2CCCCC2)N(C)C(=O)CN(C)C(=O)CN(C)C1=O. The van der Waals surface area contributed by atoms with E-state index in [0.717, 1.165) is 79.7 Å². The molecule has 1 aromatic carbocycles. The second kappa shape index (κ2) is 37.1. The van der Waals surface area contributed by atoms with Crippen LogP contribution in [0.2, 0.25) is 5.02 Å². The van der Waals surface area contributed by atoms with E-state index in [0.29, 0.717) is 70.0 Å². The molecule has 28 heteroatoms. The van der Waals surface area contributed by atoms with Gasteiger partial charge in [-0.2, -0.15) is 13.2 Å². The number of rotatable bonds is 12. The Balaban J connectivity index is 1.30. The van der Waals surface area contributed by atoms with E-state index in [2.05, 4.69) is 16.0 Å². The topological polar surface area (TPSA) is 270 Å². The summed E-state index contributed by atoms with van der Waals surface area (Å²) < 4.78 is 41.7. The maximum atomic E-state index is 15.8. The van der Waals surface area contributed by atoms with Crippen LogP contribution in [0, 0.1) is 23.7 Å². The zero-order valence-corrected chi connectivity index (χ0v) is 62.9. The standard InChI is InChI=1S/C74H114ClF3N12O12/c1-12-48(5)63-70(100)83(7)45-61(93)82(6)46-62(94)85(9)57(42-49-26-17-14-18-27-49)68(98)88(13-2)44-59(91)79-54(34-32-50-31-33-52(53(75)41-50)74(76,77)78)67(97)90-39-25-30-55(90)66(96)81-73(35-21-22-36-73)72(102)87(11)64(51-28-19-15-20-29-51)71(101)86(10)58(69(99)89-37-23-16-24-38-89)43-60(92)84(8)56(40-47(3)4)65(95)80-63/h31,33,41,47-49,51,54-58,63-64H,12-30,32,34-40,42-46H2,1-11H3,(H,79,91)(H,80,95)(H,81,96)/t48-,54-,55?,56-,57-,58-,63-,64-/m0/s1. The fourth-order valence-corrected chi connectivity index (χ4v) is 16.3. The first-order valence-electron chi connectivity index (χ1n) is 37.4. The summed E-state index contributed by atoms with van der Waals surface area (Å²) in [7, 11) is 8.69. The molecular formula is C74H114ClF3N12O12. The molecular weight excluding hydrogens is 1340 g/mol. The summed E-state index contributed by atoms with van der Waals surface area (Å²) in [6.07, 6.45) is 7.15. The van der Waals surface area contributed by atoms with Crippen LogP contribution in [-0.4, -0.2) is 251 Å². The first-order chi connectivity index (χ1) is 48.2. The molecule has 7 rings (SSSR count). The molecule has 3 aliphatic carbocycles. The number of nitrogens with zero attached hydrogens (tertiary/aromatic N) is 9. The van der Waals surface area contributed by atoms with Crippen molar-refractivity contribution < 1.29 is 70.7 Å². The number of aryl methyl sites for hydroxylation is 1. The van der Waals surface area contributed by atoms with Crippen molar-refractivity contribution in [1.82, 2.24) is 60.0 Å². The first-order valence-corrected chi connectivity index (χ1v) is 37.8. The Morgan fingerprint density at radius 2 is 1.24 bits per heavy atom. The molecule has 0 radical (unpaired) electrons. The second-order valence-electron chi connectivity index (χ2n) is 30.3. The number of nitrogens with one attached hydrogen (secondary N) is 3. The van der Waals surface area contributed by atoms with E-state index in [1.807, 2.05) is 20.8 Å². The molecule has 24 nitrogen and oxygen atoms in total. The van der Waals surface area contributed by atoms with Crippen molar-refractivity contribution in [3.8, 4) is 0 Å². The van der Waals surface area contributed by atoms with Gasteiger partial charge in [0.05, 0.1) is 36.6 Å². The van der Waals surface area contributed by atoms with E-state index in [1.165, 1.54) is 77.8 Å². The van der Waals surface area contributed by atoms with Crippen molar-refractivity contribution in [3.05, 3.63) is 34.3 Å². The predicted octanol–water partition coefficient (Wildman–Crippen LogP) is 6.81. The molecule has 1 unspecified atom stereocenters. The van der Waals surface area contributed by atoms with Crippen molar-refractivity contribution in [2.24, 2.45) is 23.7 Å². The van der Waals surface area contributed by atoms with Crippen molar-refractivity contribution >= 4 is 82.5 Å². The second-order valence-corrected chi connectivity index (χ2v) is 30.7. The van der Waals surface area contributed by atoms with E-state index in [9.17, 15) is 37.1 Å². The third-order valence-electron chi connectivity index (χ3n) is 22.6. The molecule has 0 aromatic heterocycles. The Morgan fingerprint density at radius 1 is 0.627 bits per heavy atom. The van der Waals surface area contributed by atoms with E-state index in [4.69, 9.17) is 11.6 Å². The third kappa shape index (κ3) is 20.7. The molecule has 3 aliphatic heterocycles. The molecule has 102 heavy (non-hydrogen) atoms. The van der Waals surface area contributed by atoms with Crippen molar-refractivity contribution in [2.45, 2.75) is 249 Å².